The van der Waals surface area contributed by atoms with Gasteiger partial charge in [-0.3, -0.25) is 0 Å². The maximum Gasteiger partial charge on any atom is 0.417 e. The number of rotatable bonds is 2. The van der Waals surface area contributed by atoms with Gasteiger partial charge in [-0.25, -0.2) is 0 Å². The lowest BCUT2D eigenvalue weighted by Crippen LogP contribution is -2.10. The molecule has 1 aliphatic heterocycles. The second-order valence-corrected chi connectivity index (χ2v) is 10.8. The van der Waals surface area contributed by atoms with Crippen LogP contribution in [-0.2, 0) is 37.0 Å². The molecule has 2 aliphatic carbocycles. The van der Waals surface area contributed by atoms with E-state index in [0.717, 1.165) is 71.9 Å². The fourth-order valence-electron chi connectivity index (χ4n) is 6.29. The number of hydrogen-bond acceptors (Lipinski definition) is 3. The molecule has 0 atom stereocenters. The van der Waals surface area contributed by atoms with E-state index in [2.05, 4.69) is 60.7 Å². The zero-order chi connectivity index (χ0) is 24.1. The van der Waals surface area contributed by atoms with Gasteiger partial charge in [0.05, 0.1) is 0 Å². The molecule has 0 saturated heterocycles. The molecular formula is C32H28O3S. The van der Waals surface area contributed by atoms with Crippen LogP contribution in [0.1, 0.15) is 47.9 Å². The Kier molecular flexibility index (Phi) is 5.43. The molecule has 0 fully saturated rings. The Morgan fingerprint density at radius 2 is 0.972 bits per heavy atom. The highest BCUT2D eigenvalue weighted by Crippen LogP contribution is 2.54. The standard InChI is InChI=1S/C32H28O3S/c33-36-34-31-27(21-11-3-1-4-12-21)19-23-15-7-9-17-25(23)29(31)30-26-18-10-8-16-24(26)20-28(32(30)35-36)22-13-5-2-6-14-22/h1-6,11-14,19-20H,7-10,15-18H2. The Morgan fingerprint density at radius 3 is 1.42 bits per heavy atom. The predicted molar refractivity (Wildman–Crippen MR) is 145 cm³/mol. The van der Waals surface area contributed by atoms with Crippen LogP contribution >= 0.6 is 0 Å². The lowest BCUT2D eigenvalue weighted by atomic mass is 9.77. The van der Waals surface area contributed by atoms with Crippen LogP contribution in [-0.4, -0.2) is 4.21 Å². The molecule has 7 rings (SSSR count). The van der Waals surface area contributed by atoms with Crippen molar-refractivity contribution in [2.24, 2.45) is 0 Å². The minimum absolute atomic E-state index is 0.705. The molecule has 0 aromatic heterocycles. The van der Waals surface area contributed by atoms with Gasteiger partial charge in [0.1, 0.15) is 0 Å². The van der Waals surface area contributed by atoms with Crippen molar-refractivity contribution in [3.05, 3.63) is 95.1 Å². The fraction of sp³-hybridized carbons (Fsp3) is 0.250. The van der Waals surface area contributed by atoms with Crippen molar-refractivity contribution in [3.8, 4) is 44.9 Å². The molecule has 1 heterocycles. The molecule has 0 unspecified atom stereocenters. The molecule has 0 spiro atoms. The van der Waals surface area contributed by atoms with Gasteiger partial charge in [-0.2, -0.15) is 4.21 Å². The highest BCUT2D eigenvalue weighted by molar-refractivity contribution is 7.76. The van der Waals surface area contributed by atoms with E-state index in [4.69, 9.17) is 8.37 Å². The van der Waals surface area contributed by atoms with E-state index in [-0.39, 0.29) is 0 Å². The van der Waals surface area contributed by atoms with E-state index < -0.39 is 11.4 Å². The summed E-state index contributed by atoms with van der Waals surface area (Å²) in [4.78, 5) is 0. The lowest BCUT2D eigenvalue weighted by Gasteiger charge is -2.27. The summed E-state index contributed by atoms with van der Waals surface area (Å²) in [5.41, 5.74) is 11.9. The highest BCUT2D eigenvalue weighted by atomic mass is 32.2. The Balaban J connectivity index is 1.62. The summed E-state index contributed by atoms with van der Waals surface area (Å²) in [6, 6.07) is 25.3. The van der Waals surface area contributed by atoms with Gasteiger partial charge >= 0.3 is 11.4 Å². The number of fused-ring (bicyclic) bond motifs is 7. The number of aryl methyl sites for hydroxylation is 2. The quantitative estimate of drug-likeness (QED) is 0.286. The van der Waals surface area contributed by atoms with Crippen LogP contribution in [0, 0.1) is 0 Å². The van der Waals surface area contributed by atoms with Gasteiger partial charge in [-0.1, -0.05) is 60.7 Å². The maximum atomic E-state index is 13.4. The van der Waals surface area contributed by atoms with Crippen molar-refractivity contribution in [2.45, 2.75) is 51.4 Å². The third-order valence-corrected chi connectivity index (χ3v) is 8.53. The van der Waals surface area contributed by atoms with Crippen molar-refractivity contribution >= 4 is 11.4 Å². The molecule has 4 aromatic carbocycles. The molecule has 0 bridgehead atoms. The van der Waals surface area contributed by atoms with Crippen molar-refractivity contribution in [1.82, 2.24) is 0 Å². The first kappa shape index (κ1) is 21.9. The fourth-order valence-corrected chi connectivity index (χ4v) is 6.94. The van der Waals surface area contributed by atoms with E-state index in [1.807, 2.05) is 12.1 Å². The molecule has 0 saturated carbocycles. The SMILES string of the molecule is O=S1Oc2c(-c3ccccc3)cc3c(c2-c2c4c(cc(-c5ccccc5)c2O1)CCCC4)CCCC3. The van der Waals surface area contributed by atoms with Crippen LogP contribution in [0.2, 0.25) is 0 Å². The summed E-state index contributed by atoms with van der Waals surface area (Å²) in [6.45, 7) is 0. The zero-order valence-electron chi connectivity index (χ0n) is 20.2. The summed E-state index contributed by atoms with van der Waals surface area (Å²) >= 11 is -1.95. The molecule has 4 heteroatoms. The minimum Gasteiger partial charge on any atom is -0.370 e. The highest BCUT2D eigenvalue weighted by Gasteiger charge is 2.34. The largest absolute Gasteiger partial charge is 0.417 e. The summed E-state index contributed by atoms with van der Waals surface area (Å²) < 4.78 is 25.8. The Hall–Kier alpha value is -3.37. The van der Waals surface area contributed by atoms with Crippen molar-refractivity contribution in [1.29, 1.82) is 0 Å². The molecule has 4 aromatic rings. The van der Waals surface area contributed by atoms with Gasteiger partial charge in [0.15, 0.2) is 11.5 Å². The van der Waals surface area contributed by atoms with Crippen molar-refractivity contribution in [3.63, 3.8) is 0 Å². The van der Waals surface area contributed by atoms with Gasteiger partial charge in [-0.15, -0.1) is 0 Å². The van der Waals surface area contributed by atoms with Gasteiger partial charge in [0.2, 0.25) is 0 Å². The van der Waals surface area contributed by atoms with Crippen molar-refractivity contribution in [2.75, 3.05) is 0 Å². The van der Waals surface area contributed by atoms with Crippen LogP contribution in [0.3, 0.4) is 0 Å². The van der Waals surface area contributed by atoms with Crippen LogP contribution in [0.15, 0.2) is 72.8 Å². The normalized spacial score (nSPS) is 16.4. The molecule has 0 N–H and O–H groups in total. The summed E-state index contributed by atoms with van der Waals surface area (Å²) in [6.07, 6.45) is 8.83. The van der Waals surface area contributed by atoms with Crippen LogP contribution in [0.4, 0.5) is 0 Å². The maximum absolute atomic E-state index is 13.4. The monoisotopic (exact) mass is 492 g/mol. The third-order valence-electron chi connectivity index (χ3n) is 7.93. The molecular weight excluding hydrogens is 464 g/mol. The molecule has 3 aliphatic rings. The molecule has 3 nitrogen and oxygen atoms in total. The second-order valence-electron chi connectivity index (χ2n) is 10.0. The number of hydrogen-bond donors (Lipinski definition) is 0. The first-order valence-corrected chi connectivity index (χ1v) is 14.0. The van der Waals surface area contributed by atoms with Crippen LogP contribution in [0.5, 0.6) is 11.5 Å². The summed E-state index contributed by atoms with van der Waals surface area (Å²) in [7, 11) is 0. The van der Waals surface area contributed by atoms with Crippen LogP contribution in [0.25, 0.3) is 33.4 Å². The Morgan fingerprint density at radius 1 is 0.556 bits per heavy atom. The zero-order valence-corrected chi connectivity index (χ0v) is 21.0. The van der Waals surface area contributed by atoms with E-state index >= 15 is 0 Å². The van der Waals surface area contributed by atoms with Gasteiger partial charge in [0, 0.05) is 22.3 Å². The van der Waals surface area contributed by atoms with E-state index in [1.165, 1.54) is 35.1 Å². The average Bonchev–Trinajstić information content (AvgIpc) is 3.09. The molecule has 36 heavy (non-hydrogen) atoms. The summed E-state index contributed by atoms with van der Waals surface area (Å²) in [5.74, 6) is 1.41. The first-order valence-electron chi connectivity index (χ1n) is 13.0. The Bertz CT molecular complexity index is 1380. The average molecular weight is 493 g/mol. The predicted octanol–water partition coefficient (Wildman–Crippen LogP) is 7.80. The third kappa shape index (κ3) is 3.58. The molecule has 180 valence electrons. The number of benzene rings is 4. The van der Waals surface area contributed by atoms with E-state index in [9.17, 15) is 4.21 Å². The van der Waals surface area contributed by atoms with Gasteiger partial charge in [-0.05, 0) is 96.9 Å². The van der Waals surface area contributed by atoms with Gasteiger partial charge < -0.3 is 8.37 Å². The topological polar surface area (TPSA) is 35.5 Å². The Labute approximate surface area is 215 Å². The van der Waals surface area contributed by atoms with Gasteiger partial charge in [0.25, 0.3) is 0 Å². The lowest BCUT2D eigenvalue weighted by molar-refractivity contribution is 0.469. The van der Waals surface area contributed by atoms with Crippen LogP contribution < -0.4 is 8.37 Å². The van der Waals surface area contributed by atoms with Crippen molar-refractivity contribution < 1.29 is 12.6 Å². The molecule has 0 radical (unpaired) electrons. The van der Waals surface area contributed by atoms with E-state index in [0.29, 0.717) is 11.5 Å². The first-order chi connectivity index (χ1) is 17.8. The smallest absolute Gasteiger partial charge is 0.370 e. The minimum atomic E-state index is -1.95. The summed E-state index contributed by atoms with van der Waals surface area (Å²) in [5, 5.41) is 0. The second kappa shape index (κ2) is 8.94. The van der Waals surface area contributed by atoms with E-state index in [1.54, 1.807) is 0 Å². The molecule has 0 amide bonds.